The second-order valence-corrected chi connectivity index (χ2v) is 6.33. The summed E-state index contributed by atoms with van der Waals surface area (Å²) >= 11 is 3.32. The minimum Gasteiger partial charge on any atom is -0.334 e. The zero-order valence-electron chi connectivity index (χ0n) is 12.1. The monoisotopic (exact) mass is 355 g/mol. The van der Waals surface area contributed by atoms with Crippen LogP contribution in [0.2, 0.25) is 0 Å². The van der Waals surface area contributed by atoms with Gasteiger partial charge in [-0.25, -0.2) is 0 Å². The van der Waals surface area contributed by atoms with E-state index >= 15 is 0 Å². The highest BCUT2D eigenvalue weighted by Gasteiger charge is 2.31. The normalized spacial score (nSPS) is 18.3. The van der Waals surface area contributed by atoms with Gasteiger partial charge in [0.2, 0.25) is 0 Å². The van der Waals surface area contributed by atoms with E-state index in [1.807, 2.05) is 19.0 Å². The molecule has 0 saturated carbocycles. The molecule has 0 spiro atoms. The number of hydrogen-bond donors (Lipinski definition) is 0. The van der Waals surface area contributed by atoms with Crippen LogP contribution in [0, 0.1) is 10.1 Å². The van der Waals surface area contributed by atoms with Crippen LogP contribution in [-0.2, 0) is 0 Å². The van der Waals surface area contributed by atoms with Crippen LogP contribution in [-0.4, -0.2) is 53.9 Å². The largest absolute Gasteiger partial charge is 0.334 e. The number of likely N-dealkylation sites (N-methyl/N-ethyl adjacent to an activating group) is 1. The van der Waals surface area contributed by atoms with E-state index in [1.54, 1.807) is 6.07 Å². The molecule has 1 unspecified atom stereocenters. The SMILES string of the molecule is CN(C)CC1CCCN1C(=O)c1cc([N+](=O)[O-])ccc1Br. The fraction of sp³-hybridized carbons (Fsp3) is 0.500. The summed E-state index contributed by atoms with van der Waals surface area (Å²) in [6, 6.07) is 4.46. The summed E-state index contributed by atoms with van der Waals surface area (Å²) in [5, 5.41) is 10.9. The van der Waals surface area contributed by atoms with Crippen molar-refractivity contribution in [2.45, 2.75) is 18.9 Å². The van der Waals surface area contributed by atoms with E-state index in [0.29, 0.717) is 16.6 Å². The van der Waals surface area contributed by atoms with Crippen molar-refractivity contribution in [3.63, 3.8) is 0 Å². The molecule has 0 aromatic heterocycles. The first-order valence-corrected chi connectivity index (χ1v) is 7.59. The molecule has 2 rings (SSSR count). The molecule has 0 radical (unpaired) electrons. The summed E-state index contributed by atoms with van der Waals surface area (Å²) in [5.74, 6) is -0.144. The minimum absolute atomic E-state index is 0.0649. The number of likely N-dealkylation sites (tertiary alicyclic amines) is 1. The number of rotatable bonds is 4. The van der Waals surface area contributed by atoms with E-state index in [9.17, 15) is 14.9 Å². The number of nitrogens with zero attached hydrogens (tertiary/aromatic N) is 3. The molecule has 1 fully saturated rings. The minimum atomic E-state index is -0.482. The Bertz CT molecular complexity index is 562. The van der Waals surface area contributed by atoms with Crippen molar-refractivity contribution in [1.82, 2.24) is 9.80 Å². The van der Waals surface area contributed by atoms with E-state index in [-0.39, 0.29) is 17.6 Å². The second-order valence-electron chi connectivity index (χ2n) is 5.48. The van der Waals surface area contributed by atoms with Crippen molar-refractivity contribution in [2.75, 3.05) is 27.2 Å². The zero-order chi connectivity index (χ0) is 15.6. The van der Waals surface area contributed by atoms with E-state index in [4.69, 9.17) is 0 Å². The number of nitro groups is 1. The van der Waals surface area contributed by atoms with Gasteiger partial charge in [0, 0.05) is 35.7 Å². The maximum atomic E-state index is 12.7. The van der Waals surface area contributed by atoms with Crippen molar-refractivity contribution in [1.29, 1.82) is 0 Å². The fourth-order valence-electron chi connectivity index (χ4n) is 2.66. The summed E-state index contributed by atoms with van der Waals surface area (Å²) in [7, 11) is 3.95. The Labute approximate surface area is 132 Å². The highest BCUT2D eigenvalue weighted by Crippen LogP contribution is 2.27. The summed E-state index contributed by atoms with van der Waals surface area (Å²) < 4.78 is 0.591. The summed E-state index contributed by atoms with van der Waals surface area (Å²) in [6.45, 7) is 1.50. The lowest BCUT2D eigenvalue weighted by Crippen LogP contribution is -2.41. The van der Waals surface area contributed by atoms with Gasteiger partial charge in [0.25, 0.3) is 11.6 Å². The van der Waals surface area contributed by atoms with Gasteiger partial charge in [-0.2, -0.15) is 0 Å². The predicted molar refractivity (Wildman–Crippen MR) is 83.4 cm³/mol. The number of halogens is 1. The lowest BCUT2D eigenvalue weighted by atomic mass is 10.1. The standard InChI is InChI=1S/C14H18BrN3O3/c1-16(2)9-11-4-3-7-17(11)14(19)12-8-10(18(20)21)5-6-13(12)15/h5-6,8,11H,3-4,7,9H2,1-2H3. The number of non-ortho nitro benzene ring substituents is 1. The molecule has 0 aliphatic carbocycles. The van der Waals surface area contributed by atoms with Crippen LogP contribution in [0.4, 0.5) is 5.69 Å². The van der Waals surface area contributed by atoms with Gasteiger partial charge in [-0.15, -0.1) is 0 Å². The highest BCUT2D eigenvalue weighted by atomic mass is 79.9. The van der Waals surface area contributed by atoms with Crippen LogP contribution in [0.5, 0.6) is 0 Å². The van der Waals surface area contributed by atoms with E-state index < -0.39 is 4.92 Å². The Hall–Kier alpha value is -1.47. The summed E-state index contributed by atoms with van der Waals surface area (Å²) in [6.07, 6.45) is 1.94. The molecule has 6 nitrogen and oxygen atoms in total. The summed E-state index contributed by atoms with van der Waals surface area (Å²) in [5.41, 5.74) is 0.291. The van der Waals surface area contributed by atoms with E-state index in [1.165, 1.54) is 12.1 Å². The molecule has 1 saturated heterocycles. The number of benzene rings is 1. The smallest absolute Gasteiger partial charge is 0.270 e. The third kappa shape index (κ3) is 3.59. The third-order valence-electron chi connectivity index (χ3n) is 3.61. The topological polar surface area (TPSA) is 66.7 Å². The van der Waals surface area contributed by atoms with Gasteiger partial charge < -0.3 is 9.80 Å². The first kappa shape index (κ1) is 15.9. The Morgan fingerprint density at radius 1 is 1.52 bits per heavy atom. The molecule has 7 heteroatoms. The second kappa shape index (κ2) is 6.53. The Kier molecular flexibility index (Phi) is 4.95. The van der Waals surface area contributed by atoms with Crippen molar-refractivity contribution < 1.29 is 9.72 Å². The zero-order valence-corrected chi connectivity index (χ0v) is 13.7. The Morgan fingerprint density at radius 2 is 2.24 bits per heavy atom. The number of hydrogen-bond acceptors (Lipinski definition) is 4. The fourth-order valence-corrected chi connectivity index (χ4v) is 3.08. The van der Waals surface area contributed by atoms with Crippen LogP contribution in [0.15, 0.2) is 22.7 Å². The molecule has 0 N–H and O–H groups in total. The molecule has 1 aromatic rings. The Morgan fingerprint density at radius 3 is 2.86 bits per heavy atom. The Balaban J connectivity index is 2.26. The average molecular weight is 356 g/mol. The maximum Gasteiger partial charge on any atom is 0.270 e. The molecule has 1 aliphatic heterocycles. The molecule has 114 valence electrons. The molecule has 1 heterocycles. The van der Waals surface area contributed by atoms with E-state index in [2.05, 4.69) is 20.8 Å². The van der Waals surface area contributed by atoms with Crippen LogP contribution in [0.1, 0.15) is 23.2 Å². The van der Waals surface area contributed by atoms with Crippen LogP contribution >= 0.6 is 15.9 Å². The van der Waals surface area contributed by atoms with Gasteiger partial charge in [0.05, 0.1) is 10.5 Å². The van der Waals surface area contributed by atoms with Gasteiger partial charge in [-0.3, -0.25) is 14.9 Å². The first-order valence-electron chi connectivity index (χ1n) is 6.80. The number of amides is 1. The number of carbonyl (C=O) groups excluding carboxylic acids is 1. The van der Waals surface area contributed by atoms with Gasteiger partial charge in [-0.05, 0) is 48.9 Å². The molecular formula is C14H18BrN3O3. The average Bonchev–Trinajstić information content (AvgIpc) is 2.85. The molecule has 1 aromatic carbocycles. The predicted octanol–water partition coefficient (Wildman–Crippen LogP) is 2.52. The number of carbonyl (C=O) groups is 1. The molecule has 1 amide bonds. The van der Waals surface area contributed by atoms with Crippen molar-refractivity contribution >= 4 is 27.5 Å². The van der Waals surface area contributed by atoms with E-state index in [0.717, 1.165) is 19.4 Å². The van der Waals surface area contributed by atoms with Crippen molar-refractivity contribution in [2.24, 2.45) is 0 Å². The molecule has 1 aliphatic rings. The molecule has 0 bridgehead atoms. The lowest BCUT2D eigenvalue weighted by molar-refractivity contribution is -0.384. The van der Waals surface area contributed by atoms with Crippen LogP contribution < -0.4 is 0 Å². The van der Waals surface area contributed by atoms with Crippen LogP contribution in [0.25, 0.3) is 0 Å². The van der Waals surface area contributed by atoms with Gasteiger partial charge in [0.15, 0.2) is 0 Å². The number of nitro benzene ring substituents is 1. The molecule has 1 atom stereocenters. The van der Waals surface area contributed by atoms with Crippen molar-refractivity contribution in [3.05, 3.63) is 38.3 Å². The van der Waals surface area contributed by atoms with Crippen molar-refractivity contribution in [3.8, 4) is 0 Å². The quantitative estimate of drug-likeness (QED) is 0.614. The van der Waals surface area contributed by atoms with Gasteiger partial charge >= 0.3 is 0 Å². The summed E-state index contributed by atoms with van der Waals surface area (Å²) in [4.78, 5) is 27.0. The lowest BCUT2D eigenvalue weighted by Gasteiger charge is -2.27. The van der Waals surface area contributed by atoms with Gasteiger partial charge in [-0.1, -0.05) is 0 Å². The third-order valence-corrected chi connectivity index (χ3v) is 4.30. The highest BCUT2D eigenvalue weighted by molar-refractivity contribution is 9.10. The van der Waals surface area contributed by atoms with Gasteiger partial charge in [0.1, 0.15) is 0 Å². The van der Waals surface area contributed by atoms with Crippen LogP contribution in [0.3, 0.4) is 0 Å². The molecular weight excluding hydrogens is 338 g/mol. The molecule has 21 heavy (non-hydrogen) atoms. The maximum absolute atomic E-state index is 12.7. The first-order chi connectivity index (χ1) is 9.90.